The van der Waals surface area contributed by atoms with Crippen molar-refractivity contribution >= 4 is 62.9 Å². The van der Waals surface area contributed by atoms with Crippen LogP contribution in [0.25, 0.3) is 22.3 Å². The van der Waals surface area contributed by atoms with Crippen LogP contribution >= 0.6 is 0 Å². The molecule has 4 heteroatoms. The third kappa shape index (κ3) is 4.75. The van der Waals surface area contributed by atoms with E-state index in [4.69, 9.17) is 0 Å². The van der Waals surface area contributed by atoms with Gasteiger partial charge in [0.05, 0.1) is 11.1 Å². The van der Waals surface area contributed by atoms with Crippen molar-refractivity contribution in [2.24, 2.45) is 0 Å². The van der Waals surface area contributed by atoms with E-state index in [2.05, 4.69) is 224 Å². The minimum atomic E-state index is -0.330. The fourth-order valence-electron chi connectivity index (χ4n) is 14.6. The van der Waals surface area contributed by atoms with Gasteiger partial charge in [0, 0.05) is 50.6 Å². The highest BCUT2D eigenvalue weighted by Gasteiger charge is 2.63. The Labute approximate surface area is 390 Å². The van der Waals surface area contributed by atoms with Gasteiger partial charge in [-0.05, 0) is 137 Å². The van der Waals surface area contributed by atoms with Gasteiger partial charge in [-0.3, -0.25) is 0 Å². The fourth-order valence-corrected chi connectivity index (χ4v) is 14.6. The first kappa shape index (κ1) is 38.5. The Kier molecular flexibility index (Phi) is 7.82. The van der Waals surface area contributed by atoms with Crippen LogP contribution in [0.15, 0.2) is 182 Å². The summed E-state index contributed by atoms with van der Waals surface area (Å²) >= 11 is 0. The molecule has 4 heterocycles. The van der Waals surface area contributed by atoms with Gasteiger partial charge in [-0.2, -0.15) is 0 Å². The molecule has 8 aromatic rings. The molecule has 4 aliphatic heterocycles. The highest BCUT2D eigenvalue weighted by atomic mass is 15.3. The molecule has 0 amide bonds. The van der Waals surface area contributed by atoms with Crippen molar-refractivity contribution in [1.82, 2.24) is 0 Å². The van der Waals surface area contributed by atoms with Gasteiger partial charge in [0.2, 0.25) is 0 Å². The fraction of sp³-hybridized carbons (Fsp3) is 0.226. The van der Waals surface area contributed by atoms with Crippen LogP contribution in [0.3, 0.4) is 0 Å². The lowest BCUT2D eigenvalue weighted by atomic mass is 9.33. The second kappa shape index (κ2) is 13.4. The van der Waals surface area contributed by atoms with E-state index in [9.17, 15) is 0 Å². The summed E-state index contributed by atoms with van der Waals surface area (Å²) in [5, 5.41) is 0. The van der Waals surface area contributed by atoms with Gasteiger partial charge < -0.3 is 14.7 Å². The van der Waals surface area contributed by atoms with Crippen LogP contribution in [-0.2, 0) is 22.8 Å². The third-order valence-electron chi connectivity index (χ3n) is 18.2. The van der Waals surface area contributed by atoms with Crippen molar-refractivity contribution in [3.05, 3.63) is 204 Å². The Hall–Kier alpha value is -6.78. The molecule has 1 fully saturated rings. The Morgan fingerprint density at radius 2 is 1.08 bits per heavy atom. The van der Waals surface area contributed by atoms with Crippen LogP contribution in [0, 0.1) is 0 Å². The summed E-state index contributed by atoms with van der Waals surface area (Å²) < 4.78 is 0. The molecule has 0 saturated heterocycles. The zero-order valence-corrected chi connectivity index (χ0v) is 38.5. The van der Waals surface area contributed by atoms with Gasteiger partial charge in [-0.15, -0.1) is 0 Å². The van der Waals surface area contributed by atoms with Crippen LogP contribution < -0.4 is 31.1 Å². The zero-order valence-electron chi connectivity index (χ0n) is 38.5. The predicted molar refractivity (Wildman–Crippen MR) is 278 cm³/mol. The lowest BCUT2D eigenvalue weighted by molar-refractivity contribution is 0.195. The molecule has 0 aromatic heterocycles. The van der Waals surface area contributed by atoms with E-state index in [-0.39, 0.29) is 28.6 Å². The largest absolute Gasteiger partial charge is 0.335 e. The second-order valence-electron chi connectivity index (χ2n) is 21.0. The van der Waals surface area contributed by atoms with Gasteiger partial charge in [-0.25, -0.2) is 0 Å². The summed E-state index contributed by atoms with van der Waals surface area (Å²) in [6.45, 7) is 10.4. The van der Waals surface area contributed by atoms with E-state index in [1.807, 2.05) is 0 Å². The minimum absolute atomic E-state index is 0.0176. The van der Waals surface area contributed by atoms with Gasteiger partial charge in [0.25, 0.3) is 6.71 Å². The number of benzene rings is 8. The number of anilines is 7. The molecule has 3 nitrogen and oxygen atoms in total. The molecule has 0 N–H and O–H groups in total. The monoisotopic (exact) mass is 851 g/mol. The van der Waals surface area contributed by atoms with Crippen LogP contribution in [0.1, 0.15) is 82.1 Å². The van der Waals surface area contributed by atoms with Gasteiger partial charge >= 0.3 is 0 Å². The number of nitrogens with zero attached hydrogens (tertiary/aromatic N) is 3. The van der Waals surface area contributed by atoms with Gasteiger partial charge in [0.1, 0.15) is 0 Å². The Morgan fingerprint density at radius 3 is 1.88 bits per heavy atom. The Balaban J connectivity index is 1.11. The molecule has 4 atom stereocenters. The number of para-hydroxylation sites is 2. The first-order valence-electron chi connectivity index (χ1n) is 24.5. The topological polar surface area (TPSA) is 9.72 Å². The molecule has 0 spiro atoms. The number of hydrogen-bond donors (Lipinski definition) is 0. The lowest BCUT2D eigenvalue weighted by Crippen LogP contribution is -2.64. The summed E-state index contributed by atoms with van der Waals surface area (Å²) in [4.78, 5) is 8.34. The summed E-state index contributed by atoms with van der Waals surface area (Å²) in [6, 6.07) is 69.8. The number of aryl methyl sites for hydroxylation is 1. The molecule has 0 bridgehead atoms. The SMILES string of the molecule is CC12CCCCC1(C)N1c3cc(N4c5ccccc5C5(C)CCc6ccccc6C45C)cc4c3B(c3ccc(-c5ccccc5)cc3N4c3cccc(-c4ccccc4)c3)c3cccc2c31. The summed E-state index contributed by atoms with van der Waals surface area (Å²) in [6.07, 6.45) is 7.05. The van der Waals surface area contributed by atoms with E-state index in [0.717, 1.165) is 19.3 Å². The molecule has 2 aliphatic carbocycles. The second-order valence-corrected chi connectivity index (χ2v) is 21.0. The summed E-state index contributed by atoms with van der Waals surface area (Å²) in [5.74, 6) is 0. The number of hydrogen-bond acceptors (Lipinski definition) is 3. The smallest absolute Gasteiger partial charge is 0.252 e. The first-order valence-corrected chi connectivity index (χ1v) is 24.5. The maximum Gasteiger partial charge on any atom is 0.252 e. The van der Waals surface area contributed by atoms with Crippen LogP contribution in [0.4, 0.5) is 39.8 Å². The van der Waals surface area contributed by atoms with Gasteiger partial charge in [0.15, 0.2) is 0 Å². The van der Waals surface area contributed by atoms with Crippen LogP contribution in [-0.4, -0.2) is 12.3 Å². The normalized spacial score (nSPS) is 24.7. The highest BCUT2D eigenvalue weighted by Crippen LogP contribution is 2.66. The third-order valence-corrected chi connectivity index (χ3v) is 18.2. The van der Waals surface area contributed by atoms with E-state index in [0.29, 0.717) is 0 Å². The lowest BCUT2D eigenvalue weighted by Gasteiger charge is -2.54. The average molecular weight is 852 g/mol. The average Bonchev–Trinajstić information content (AvgIpc) is 3.71. The molecule has 0 radical (unpaired) electrons. The van der Waals surface area contributed by atoms with Crippen LogP contribution in [0.5, 0.6) is 0 Å². The van der Waals surface area contributed by atoms with Crippen molar-refractivity contribution < 1.29 is 0 Å². The molecule has 1 saturated carbocycles. The number of rotatable bonds is 4. The van der Waals surface area contributed by atoms with Crippen molar-refractivity contribution in [3.63, 3.8) is 0 Å². The van der Waals surface area contributed by atoms with Crippen molar-refractivity contribution in [2.75, 3.05) is 14.7 Å². The van der Waals surface area contributed by atoms with E-state index in [1.165, 1.54) is 120 Å². The van der Waals surface area contributed by atoms with Crippen LogP contribution in [0.2, 0.25) is 0 Å². The van der Waals surface area contributed by atoms with Crippen molar-refractivity contribution in [3.8, 4) is 22.3 Å². The predicted octanol–water partition coefficient (Wildman–Crippen LogP) is 13.6. The maximum atomic E-state index is 2.90. The molecule has 4 unspecified atom stereocenters. The molecular weight excluding hydrogens is 798 g/mol. The molecular formula is C62H54BN3. The Bertz CT molecular complexity index is 3320. The van der Waals surface area contributed by atoms with Crippen molar-refractivity contribution in [2.45, 2.75) is 88.1 Å². The van der Waals surface area contributed by atoms with E-state index < -0.39 is 0 Å². The number of fused-ring (bicyclic) bond motifs is 12. The molecule has 14 rings (SSSR count). The molecule has 8 aromatic carbocycles. The highest BCUT2D eigenvalue weighted by molar-refractivity contribution is 7.00. The minimum Gasteiger partial charge on any atom is -0.335 e. The van der Waals surface area contributed by atoms with E-state index >= 15 is 0 Å². The quantitative estimate of drug-likeness (QED) is 0.163. The van der Waals surface area contributed by atoms with E-state index in [1.54, 1.807) is 0 Å². The zero-order chi connectivity index (χ0) is 44.2. The standard InChI is InChI=1S/C62H54BN3/c1-59-34-15-16-35-61(59,3)66-56-40-47(65-53-30-14-13-27-49(53)60(2)36-33-43-23-11-12-26-48(43)62(60,65)4)39-55-57(56)63(52-29-18-28-50(59)58(52)66)51-32-31-45(42-21-9-6-10-22-42)38-54(51)64(55)46-25-17-24-44(37-46)41-19-7-5-8-20-41/h5-14,17-32,37-40H,15-16,33-36H2,1-4H3. The summed E-state index contributed by atoms with van der Waals surface area (Å²) in [5.41, 5.74) is 23.7. The molecule has 6 aliphatic rings. The maximum absolute atomic E-state index is 2.90. The first-order chi connectivity index (χ1) is 32.2. The van der Waals surface area contributed by atoms with Gasteiger partial charge in [-0.1, -0.05) is 172 Å². The summed E-state index contributed by atoms with van der Waals surface area (Å²) in [7, 11) is 0. The van der Waals surface area contributed by atoms with Crippen molar-refractivity contribution in [1.29, 1.82) is 0 Å². The molecule has 320 valence electrons. The Morgan fingerprint density at radius 1 is 0.424 bits per heavy atom. The molecule has 66 heavy (non-hydrogen) atoms.